The van der Waals surface area contributed by atoms with Crippen LogP contribution < -0.4 is 16.0 Å². The number of nitrogens with zero attached hydrogens (tertiary/aromatic N) is 5. The van der Waals surface area contributed by atoms with E-state index in [-0.39, 0.29) is 50.9 Å². The first-order valence-electron chi connectivity index (χ1n) is 15.6. The third kappa shape index (κ3) is 9.70. The van der Waals surface area contributed by atoms with Gasteiger partial charge in [0.05, 0.1) is 19.2 Å². The number of carboxylic acid groups (broad SMARTS) is 1. The number of likely N-dealkylation sites (N-methyl/N-ethyl adjacent to an activating group) is 1. The highest BCUT2D eigenvalue weighted by atomic mass is 16.5. The maximum absolute atomic E-state index is 13.8. The molecule has 2 aromatic carbocycles. The lowest BCUT2D eigenvalue weighted by molar-refractivity contribution is -0.148. The van der Waals surface area contributed by atoms with Gasteiger partial charge in [-0.15, -0.1) is 10.2 Å². The molecule has 5 amide bonds. The van der Waals surface area contributed by atoms with E-state index in [9.17, 15) is 24.0 Å². The summed E-state index contributed by atoms with van der Waals surface area (Å²) in [5.41, 5.74) is 1.86. The van der Waals surface area contributed by atoms with Crippen molar-refractivity contribution < 1.29 is 38.6 Å². The van der Waals surface area contributed by atoms with E-state index in [2.05, 4.69) is 26.1 Å². The molecule has 0 aliphatic carbocycles. The molecule has 2 aliphatic heterocycles. The molecule has 16 heteroatoms. The number of hydrogen-bond donors (Lipinski definition) is 4. The summed E-state index contributed by atoms with van der Waals surface area (Å²) in [5, 5.41) is 22.9. The first kappa shape index (κ1) is 36.2. The zero-order chi connectivity index (χ0) is 35.5. The van der Waals surface area contributed by atoms with Gasteiger partial charge in [-0.1, -0.05) is 50.2 Å². The molecular formula is C33H40N8O8. The van der Waals surface area contributed by atoms with Gasteiger partial charge in [-0.05, 0) is 29.7 Å². The van der Waals surface area contributed by atoms with Gasteiger partial charge >= 0.3 is 0 Å². The van der Waals surface area contributed by atoms with Crippen LogP contribution in [0.3, 0.4) is 0 Å². The molecule has 2 bridgehead atoms. The van der Waals surface area contributed by atoms with E-state index in [0.29, 0.717) is 11.3 Å². The maximum atomic E-state index is 13.8. The fourth-order valence-electron chi connectivity index (χ4n) is 5.53. The first-order valence-corrected chi connectivity index (χ1v) is 15.6. The molecule has 1 aromatic heterocycles. The highest BCUT2D eigenvalue weighted by Crippen LogP contribution is 2.18. The molecule has 2 fully saturated rings. The Morgan fingerprint density at radius 3 is 2.37 bits per heavy atom. The lowest BCUT2D eigenvalue weighted by Gasteiger charge is -2.38. The number of aromatic nitrogens is 3. The molecule has 2 aliphatic rings. The second-order valence-electron chi connectivity index (χ2n) is 12.0. The zero-order valence-electron chi connectivity index (χ0n) is 27.4. The number of hydrogen-bond acceptors (Lipinski definition) is 9. The average molecular weight is 677 g/mol. The molecule has 260 valence electrons. The Hall–Kier alpha value is -5.64. The lowest BCUT2D eigenvalue weighted by Crippen LogP contribution is -2.59. The van der Waals surface area contributed by atoms with Crippen molar-refractivity contribution in [2.24, 2.45) is 5.92 Å². The number of carbonyl (C=O) groups excluding carboxylic acids is 5. The smallest absolute Gasteiger partial charge is 0.290 e. The van der Waals surface area contributed by atoms with Crippen molar-refractivity contribution in [3.63, 3.8) is 0 Å². The van der Waals surface area contributed by atoms with Gasteiger partial charge < -0.3 is 35.6 Å². The SMILES string of the molecule is CC(C)[C@@H]1NC(=O)CN(C)C(=O)[C@@H](Cc2ccccc2)NC(=O)[C@H]2CN(C(=O)c3cccc(-n4cnnc4)c3)C[C@H](CNC1=O)O2.O=CO. The first-order chi connectivity index (χ1) is 23.5. The summed E-state index contributed by atoms with van der Waals surface area (Å²) in [6.07, 6.45) is 1.32. The van der Waals surface area contributed by atoms with Crippen LogP contribution in [0.4, 0.5) is 0 Å². The van der Waals surface area contributed by atoms with Gasteiger partial charge in [0.15, 0.2) is 6.10 Å². The second-order valence-corrected chi connectivity index (χ2v) is 12.0. The van der Waals surface area contributed by atoms with Gasteiger partial charge in [-0.3, -0.25) is 33.3 Å². The fraction of sp³-hybridized carbons (Fsp3) is 0.394. The van der Waals surface area contributed by atoms with Crippen molar-refractivity contribution in [2.45, 2.75) is 44.6 Å². The second kappa shape index (κ2) is 17.0. The van der Waals surface area contributed by atoms with Crippen LogP contribution in [0.2, 0.25) is 0 Å². The minimum atomic E-state index is -1.14. The Morgan fingerprint density at radius 1 is 1.00 bits per heavy atom. The minimum Gasteiger partial charge on any atom is -0.483 e. The Kier molecular flexibility index (Phi) is 12.5. The van der Waals surface area contributed by atoms with Crippen molar-refractivity contribution >= 4 is 36.0 Å². The van der Waals surface area contributed by atoms with Crippen LogP contribution in [-0.2, 0) is 35.1 Å². The number of fused-ring (bicyclic) bond motifs is 2. The predicted molar refractivity (Wildman–Crippen MR) is 174 cm³/mol. The molecule has 5 rings (SSSR count). The van der Waals surface area contributed by atoms with Crippen molar-refractivity contribution in [1.29, 1.82) is 0 Å². The molecule has 3 aromatic rings. The molecule has 0 spiro atoms. The average Bonchev–Trinajstić information content (AvgIpc) is 3.64. The zero-order valence-corrected chi connectivity index (χ0v) is 27.4. The molecule has 4 N–H and O–H groups in total. The van der Waals surface area contributed by atoms with Crippen molar-refractivity contribution in [2.75, 3.05) is 33.2 Å². The lowest BCUT2D eigenvalue weighted by atomic mass is 10.0. The fourth-order valence-corrected chi connectivity index (χ4v) is 5.53. The van der Waals surface area contributed by atoms with Crippen LogP contribution >= 0.6 is 0 Å². The third-order valence-corrected chi connectivity index (χ3v) is 7.98. The molecule has 0 unspecified atom stereocenters. The quantitative estimate of drug-likeness (QED) is 0.258. The van der Waals surface area contributed by atoms with Crippen LogP contribution in [0.15, 0.2) is 67.3 Å². The number of morpholine rings is 1. The van der Waals surface area contributed by atoms with Gasteiger partial charge in [-0.2, -0.15) is 0 Å². The standard InChI is InChI=1S/C32H38N8O6.CH2O2/c1-20(2)28-30(43)33-14-24-15-39(31(44)22-10-7-11-23(13-22)40-18-34-35-19-40)16-26(46-24)29(42)36-25(12-21-8-5-4-6-9-21)32(45)38(3)17-27(41)37-28;2-1-3/h4-11,13,18-20,24-26,28H,12,14-17H2,1-3H3,(H,33,43)(H,36,42)(H,37,41);1H,(H,2,3)/t24-,25+,26+,28-;/m0./s1. The summed E-state index contributed by atoms with van der Waals surface area (Å²) >= 11 is 0. The molecule has 2 saturated heterocycles. The Labute approximate surface area is 282 Å². The van der Waals surface area contributed by atoms with E-state index in [0.717, 1.165) is 5.56 Å². The van der Waals surface area contributed by atoms with Gasteiger partial charge in [0, 0.05) is 37.8 Å². The van der Waals surface area contributed by atoms with Gasteiger partial charge in [0.2, 0.25) is 17.7 Å². The normalized spacial score (nSPS) is 22.0. The molecule has 3 heterocycles. The van der Waals surface area contributed by atoms with E-state index in [1.807, 2.05) is 36.4 Å². The van der Waals surface area contributed by atoms with Gasteiger partial charge in [-0.25, -0.2) is 0 Å². The van der Waals surface area contributed by atoms with E-state index >= 15 is 0 Å². The van der Waals surface area contributed by atoms with Crippen LogP contribution in [0, 0.1) is 5.92 Å². The highest BCUT2D eigenvalue weighted by molar-refractivity contribution is 5.96. The molecule has 4 atom stereocenters. The van der Waals surface area contributed by atoms with Crippen molar-refractivity contribution in [3.05, 3.63) is 78.4 Å². The molecular weight excluding hydrogens is 636 g/mol. The van der Waals surface area contributed by atoms with E-state index in [4.69, 9.17) is 14.6 Å². The highest BCUT2D eigenvalue weighted by Gasteiger charge is 2.38. The largest absolute Gasteiger partial charge is 0.483 e. The van der Waals surface area contributed by atoms with Crippen LogP contribution in [-0.4, -0.2) is 123 Å². The van der Waals surface area contributed by atoms with Crippen molar-refractivity contribution in [3.8, 4) is 5.69 Å². The summed E-state index contributed by atoms with van der Waals surface area (Å²) in [7, 11) is 1.47. The van der Waals surface area contributed by atoms with E-state index in [1.165, 1.54) is 29.5 Å². The monoisotopic (exact) mass is 676 g/mol. The summed E-state index contributed by atoms with van der Waals surface area (Å²) in [6, 6.07) is 14.2. The van der Waals surface area contributed by atoms with E-state index in [1.54, 1.807) is 36.6 Å². The van der Waals surface area contributed by atoms with Crippen molar-refractivity contribution in [1.82, 2.24) is 40.5 Å². The maximum Gasteiger partial charge on any atom is 0.290 e. The third-order valence-electron chi connectivity index (χ3n) is 7.98. The number of rotatable bonds is 5. The van der Waals surface area contributed by atoms with Crippen LogP contribution in [0.25, 0.3) is 5.69 Å². The number of ether oxygens (including phenoxy) is 1. The predicted octanol–water partition coefficient (Wildman–Crippen LogP) is -0.366. The summed E-state index contributed by atoms with van der Waals surface area (Å²) < 4.78 is 7.81. The summed E-state index contributed by atoms with van der Waals surface area (Å²) in [4.78, 5) is 78.5. The van der Waals surface area contributed by atoms with E-state index < -0.39 is 47.9 Å². The number of carbonyl (C=O) groups is 6. The Morgan fingerprint density at radius 2 is 1.69 bits per heavy atom. The summed E-state index contributed by atoms with van der Waals surface area (Å²) in [5.74, 6) is -2.62. The topological polar surface area (TPSA) is 205 Å². The number of nitrogens with one attached hydrogen (secondary N) is 3. The molecule has 0 saturated carbocycles. The Bertz CT molecular complexity index is 1620. The molecule has 16 nitrogen and oxygen atoms in total. The van der Waals surface area contributed by atoms with Crippen LogP contribution in [0.5, 0.6) is 0 Å². The number of benzene rings is 2. The number of amides is 5. The summed E-state index contributed by atoms with van der Waals surface area (Å²) in [6.45, 7) is 3.03. The molecule has 0 radical (unpaired) electrons. The van der Waals surface area contributed by atoms with Crippen LogP contribution in [0.1, 0.15) is 29.8 Å². The van der Waals surface area contributed by atoms with Gasteiger partial charge in [0.25, 0.3) is 18.3 Å². The molecule has 49 heavy (non-hydrogen) atoms. The van der Waals surface area contributed by atoms with Gasteiger partial charge in [0.1, 0.15) is 24.7 Å². The Balaban J connectivity index is 0.00000174. The minimum absolute atomic E-state index is 0.0154.